The minimum Gasteiger partial charge on any atom is -0.309 e. The fraction of sp³-hybridized carbons (Fsp3) is 0.240. The van der Waals surface area contributed by atoms with Crippen LogP contribution < -0.4 is 10.6 Å². The quantitative estimate of drug-likeness (QED) is 0.416. The summed E-state index contributed by atoms with van der Waals surface area (Å²) < 4.78 is 14.4. The Labute approximate surface area is 169 Å². The predicted molar refractivity (Wildman–Crippen MR) is 124 cm³/mol. The maximum absolute atomic E-state index is 14.4. The van der Waals surface area contributed by atoms with Crippen LogP contribution in [0.3, 0.4) is 0 Å². The Kier molecular flexibility index (Phi) is 8.42. The number of rotatable bonds is 5. The van der Waals surface area contributed by atoms with Crippen LogP contribution in [0.1, 0.15) is 40.5 Å². The van der Waals surface area contributed by atoms with E-state index in [1.165, 1.54) is 0 Å². The van der Waals surface area contributed by atoms with E-state index in [9.17, 15) is 4.57 Å². The molecule has 0 aromatic heterocycles. The van der Waals surface area contributed by atoms with Crippen LogP contribution in [0.5, 0.6) is 0 Å². The summed E-state index contributed by atoms with van der Waals surface area (Å²) in [5.74, 6) is 0. The van der Waals surface area contributed by atoms with Crippen molar-refractivity contribution in [2.45, 2.75) is 40.5 Å². The summed E-state index contributed by atoms with van der Waals surface area (Å²) in [4.78, 5) is 4.48. The molecule has 0 fully saturated rings. The standard InChI is InChI=1S/C23H24NOP.C2H6/c1-3-17-24-19(2)20-11-10-16-23(18-20)26(25,21-12-6-4-7-13-21)22-14-8-5-9-15-22;1-2/h3-9,12-18H,10-11H2,1-2H3;1-2H3/b17-3-,24-19?;. The number of nitrogens with zero attached hydrogens (tertiary/aromatic N) is 1. The first-order valence-corrected chi connectivity index (χ1v) is 11.7. The lowest BCUT2D eigenvalue weighted by molar-refractivity contribution is 0.591. The molecule has 3 heteroatoms. The Balaban J connectivity index is 0.00000136. The van der Waals surface area contributed by atoms with E-state index in [0.717, 1.165) is 40.0 Å². The van der Waals surface area contributed by atoms with Crippen LogP contribution in [0.15, 0.2) is 101 Å². The molecule has 28 heavy (non-hydrogen) atoms. The zero-order chi connectivity index (χ0) is 20.4. The molecule has 0 spiro atoms. The number of hydrogen-bond donors (Lipinski definition) is 0. The van der Waals surface area contributed by atoms with Crippen LogP contribution in [0.4, 0.5) is 0 Å². The molecule has 1 aliphatic carbocycles. The van der Waals surface area contributed by atoms with E-state index in [1.54, 1.807) is 0 Å². The van der Waals surface area contributed by atoms with Gasteiger partial charge in [0, 0.05) is 27.8 Å². The maximum Gasteiger partial charge on any atom is 0.170 e. The van der Waals surface area contributed by atoms with E-state index in [2.05, 4.69) is 17.1 Å². The molecule has 3 rings (SSSR count). The third-order valence-corrected chi connectivity index (χ3v) is 7.66. The molecule has 0 N–H and O–H groups in total. The van der Waals surface area contributed by atoms with Crippen molar-refractivity contribution in [3.05, 3.63) is 96.0 Å². The van der Waals surface area contributed by atoms with E-state index in [1.807, 2.05) is 101 Å². The summed E-state index contributed by atoms with van der Waals surface area (Å²) in [6.07, 6.45) is 9.76. The molecular weight excluding hydrogens is 361 g/mol. The number of hydrogen-bond acceptors (Lipinski definition) is 2. The summed E-state index contributed by atoms with van der Waals surface area (Å²) in [6, 6.07) is 19.6. The van der Waals surface area contributed by atoms with Crippen LogP contribution in [0, 0.1) is 0 Å². The summed E-state index contributed by atoms with van der Waals surface area (Å²) >= 11 is 0. The van der Waals surface area contributed by atoms with Crippen LogP contribution in [-0.4, -0.2) is 5.71 Å². The highest BCUT2D eigenvalue weighted by Gasteiger charge is 2.31. The van der Waals surface area contributed by atoms with Crippen molar-refractivity contribution < 1.29 is 4.57 Å². The molecule has 2 nitrogen and oxygen atoms in total. The molecule has 0 radical (unpaired) electrons. The Bertz CT molecular complexity index is 878. The van der Waals surface area contributed by atoms with Gasteiger partial charge in [0.25, 0.3) is 0 Å². The fourth-order valence-corrected chi connectivity index (χ4v) is 5.98. The van der Waals surface area contributed by atoms with Gasteiger partial charge in [0.15, 0.2) is 7.14 Å². The van der Waals surface area contributed by atoms with Gasteiger partial charge in [-0.25, -0.2) is 0 Å². The molecule has 0 saturated carbocycles. The number of benzene rings is 2. The van der Waals surface area contributed by atoms with Gasteiger partial charge in [-0.2, -0.15) is 0 Å². The molecule has 0 heterocycles. The van der Waals surface area contributed by atoms with Gasteiger partial charge in [-0.1, -0.05) is 86.7 Å². The summed E-state index contributed by atoms with van der Waals surface area (Å²) in [5.41, 5.74) is 2.15. The third kappa shape index (κ3) is 4.88. The van der Waals surface area contributed by atoms with E-state index in [-0.39, 0.29) is 0 Å². The van der Waals surface area contributed by atoms with Crippen molar-refractivity contribution in [1.82, 2.24) is 0 Å². The first-order chi connectivity index (χ1) is 13.7. The average Bonchev–Trinajstić information content (AvgIpc) is 2.79. The second-order valence-electron chi connectivity index (χ2n) is 6.31. The fourth-order valence-electron chi connectivity index (χ4n) is 3.18. The molecule has 0 bridgehead atoms. The minimum atomic E-state index is -2.89. The number of aliphatic imine (C=N–C) groups is 1. The van der Waals surface area contributed by atoms with Crippen LogP contribution in [0.25, 0.3) is 0 Å². The Morgan fingerprint density at radius 2 is 1.50 bits per heavy atom. The van der Waals surface area contributed by atoms with Crippen molar-refractivity contribution >= 4 is 23.5 Å². The van der Waals surface area contributed by atoms with E-state index < -0.39 is 7.14 Å². The summed E-state index contributed by atoms with van der Waals surface area (Å²) in [7, 11) is -2.89. The van der Waals surface area contributed by atoms with Gasteiger partial charge in [-0.3, -0.25) is 4.99 Å². The molecule has 0 aliphatic heterocycles. The second kappa shape index (κ2) is 10.8. The Morgan fingerprint density at radius 1 is 0.964 bits per heavy atom. The van der Waals surface area contributed by atoms with E-state index >= 15 is 0 Å². The van der Waals surface area contributed by atoms with Crippen LogP contribution >= 0.6 is 7.14 Å². The SMILES string of the molecule is C/C=C\N=C(C)C1=CC(P(=O)(c2ccccc2)c2ccccc2)=CCC1.CC. The Hall–Kier alpha value is -2.44. The van der Waals surface area contributed by atoms with Crippen LogP contribution in [-0.2, 0) is 4.57 Å². The van der Waals surface area contributed by atoms with E-state index in [0.29, 0.717) is 0 Å². The van der Waals surface area contributed by atoms with Gasteiger partial charge < -0.3 is 4.57 Å². The highest BCUT2D eigenvalue weighted by atomic mass is 31.2. The predicted octanol–water partition coefficient (Wildman–Crippen LogP) is 6.63. The summed E-state index contributed by atoms with van der Waals surface area (Å²) in [6.45, 7) is 7.97. The smallest absolute Gasteiger partial charge is 0.170 e. The lowest BCUT2D eigenvalue weighted by Crippen LogP contribution is -2.18. The highest BCUT2D eigenvalue weighted by molar-refractivity contribution is 7.82. The van der Waals surface area contributed by atoms with Crippen molar-refractivity contribution in [2.24, 2.45) is 4.99 Å². The molecule has 2 aromatic rings. The minimum absolute atomic E-state index is 0.873. The normalized spacial score (nSPS) is 14.8. The van der Waals surface area contributed by atoms with Crippen molar-refractivity contribution in [1.29, 1.82) is 0 Å². The van der Waals surface area contributed by atoms with Gasteiger partial charge in [0.1, 0.15) is 0 Å². The first kappa shape index (κ1) is 21.9. The molecule has 0 atom stereocenters. The third-order valence-electron chi connectivity index (χ3n) is 4.57. The molecule has 0 amide bonds. The molecule has 2 aromatic carbocycles. The highest BCUT2D eigenvalue weighted by Crippen LogP contribution is 2.53. The molecular formula is C25H30NOP. The molecule has 1 aliphatic rings. The lowest BCUT2D eigenvalue weighted by Gasteiger charge is -2.24. The van der Waals surface area contributed by atoms with Gasteiger partial charge in [0.2, 0.25) is 0 Å². The van der Waals surface area contributed by atoms with Crippen molar-refractivity contribution in [2.75, 3.05) is 0 Å². The topological polar surface area (TPSA) is 29.4 Å². The van der Waals surface area contributed by atoms with Gasteiger partial charge in [-0.05, 0) is 38.3 Å². The molecule has 146 valence electrons. The zero-order valence-electron chi connectivity index (χ0n) is 17.3. The van der Waals surface area contributed by atoms with Gasteiger partial charge >= 0.3 is 0 Å². The van der Waals surface area contributed by atoms with Crippen molar-refractivity contribution in [3.63, 3.8) is 0 Å². The maximum atomic E-state index is 14.4. The van der Waals surface area contributed by atoms with Gasteiger partial charge in [-0.15, -0.1) is 0 Å². The lowest BCUT2D eigenvalue weighted by atomic mass is 10.0. The largest absolute Gasteiger partial charge is 0.309 e. The van der Waals surface area contributed by atoms with Gasteiger partial charge in [0.05, 0.1) is 0 Å². The second-order valence-corrected chi connectivity index (χ2v) is 9.08. The van der Waals surface area contributed by atoms with Crippen molar-refractivity contribution in [3.8, 4) is 0 Å². The Morgan fingerprint density at radius 3 is 2.00 bits per heavy atom. The monoisotopic (exact) mass is 391 g/mol. The van der Waals surface area contributed by atoms with Crippen LogP contribution in [0.2, 0.25) is 0 Å². The zero-order valence-corrected chi connectivity index (χ0v) is 18.2. The average molecular weight is 391 g/mol. The summed E-state index contributed by atoms with van der Waals surface area (Å²) in [5, 5.41) is 2.65. The molecule has 0 saturated heterocycles. The first-order valence-electron chi connectivity index (χ1n) is 9.95. The van der Waals surface area contributed by atoms with E-state index in [4.69, 9.17) is 0 Å². The number of allylic oxidation sites excluding steroid dienone is 5. The molecule has 0 unspecified atom stereocenters.